The Morgan fingerprint density at radius 1 is 1.41 bits per heavy atom. The van der Waals surface area contributed by atoms with Gasteiger partial charge in [-0.15, -0.1) is 0 Å². The van der Waals surface area contributed by atoms with Crippen molar-refractivity contribution in [1.29, 1.82) is 0 Å². The van der Waals surface area contributed by atoms with Gasteiger partial charge in [-0.2, -0.15) is 0 Å². The van der Waals surface area contributed by atoms with E-state index in [4.69, 9.17) is 16.3 Å². The van der Waals surface area contributed by atoms with Gasteiger partial charge in [0.25, 0.3) is 0 Å². The molecule has 0 N–H and O–H groups in total. The molecule has 0 aliphatic carbocycles. The summed E-state index contributed by atoms with van der Waals surface area (Å²) in [6.45, 7) is 2.54. The zero-order valence-electron chi connectivity index (χ0n) is 10.0. The van der Waals surface area contributed by atoms with E-state index in [-0.39, 0.29) is 11.9 Å². The summed E-state index contributed by atoms with van der Waals surface area (Å²) >= 11 is 6.00. The molecule has 2 nitrogen and oxygen atoms in total. The molecule has 0 bridgehead atoms. The van der Waals surface area contributed by atoms with Crippen LogP contribution in [-0.4, -0.2) is 5.97 Å². The summed E-state index contributed by atoms with van der Waals surface area (Å²) in [7, 11) is 0. The topological polar surface area (TPSA) is 26.3 Å². The summed E-state index contributed by atoms with van der Waals surface area (Å²) in [5.41, 5.74) is 2.15. The van der Waals surface area contributed by atoms with E-state index in [1.165, 1.54) is 0 Å². The van der Waals surface area contributed by atoms with Gasteiger partial charge in [-0.1, -0.05) is 43.9 Å². The standard InChI is InChI=1S/C14H17ClO2/c1-2-3-4-5-12-13-8-11(15)7-6-10(13)9-17-14(12)16/h6-8,12H,2-5,9H2,1H3. The molecule has 3 heteroatoms. The third kappa shape index (κ3) is 2.81. The lowest BCUT2D eigenvalue weighted by Gasteiger charge is -2.24. The average molecular weight is 253 g/mol. The van der Waals surface area contributed by atoms with Crippen molar-refractivity contribution < 1.29 is 9.53 Å². The van der Waals surface area contributed by atoms with E-state index < -0.39 is 0 Å². The highest BCUT2D eigenvalue weighted by Gasteiger charge is 2.28. The summed E-state index contributed by atoms with van der Waals surface area (Å²) in [6.07, 6.45) is 4.23. The molecule has 1 aliphatic rings. The number of carbonyl (C=O) groups is 1. The van der Waals surface area contributed by atoms with Crippen molar-refractivity contribution in [3.63, 3.8) is 0 Å². The van der Waals surface area contributed by atoms with Crippen LogP contribution in [0, 0.1) is 0 Å². The molecule has 2 rings (SSSR count). The van der Waals surface area contributed by atoms with E-state index in [0.717, 1.165) is 36.8 Å². The quantitative estimate of drug-likeness (QED) is 0.597. The second-order valence-corrected chi connectivity index (χ2v) is 4.94. The molecule has 0 fully saturated rings. The predicted octanol–water partition coefficient (Wildman–Crippen LogP) is 4.06. The summed E-state index contributed by atoms with van der Waals surface area (Å²) in [6, 6.07) is 5.72. The third-order valence-corrected chi connectivity index (χ3v) is 3.47. The molecule has 1 aromatic carbocycles. The molecule has 1 heterocycles. The third-order valence-electron chi connectivity index (χ3n) is 3.23. The van der Waals surface area contributed by atoms with Crippen LogP contribution in [0.5, 0.6) is 0 Å². The molecule has 0 saturated carbocycles. The van der Waals surface area contributed by atoms with Crippen LogP contribution in [0.25, 0.3) is 0 Å². The van der Waals surface area contributed by atoms with E-state index in [1.54, 1.807) is 0 Å². The monoisotopic (exact) mass is 252 g/mol. The molecular weight excluding hydrogens is 236 g/mol. The Morgan fingerprint density at radius 3 is 3.00 bits per heavy atom. The molecule has 0 amide bonds. The van der Waals surface area contributed by atoms with Crippen LogP contribution in [0.1, 0.15) is 49.7 Å². The fourth-order valence-electron chi connectivity index (χ4n) is 2.27. The van der Waals surface area contributed by atoms with Gasteiger partial charge in [-0.05, 0) is 29.7 Å². The summed E-state index contributed by atoms with van der Waals surface area (Å²) in [5, 5.41) is 0.693. The molecule has 92 valence electrons. The molecule has 1 atom stereocenters. The van der Waals surface area contributed by atoms with Crippen LogP contribution in [0.15, 0.2) is 18.2 Å². The molecule has 1 aromatic rings. The van der Waals surface area contributed by atoms with Crippen molar-refractivity contribution in [2.75, 3.05) is 0 Å². The molecule has 1 aliphatic heterocycles. The smallest absolute Gasteiger partial charge is 0.313 e. The zero-order valence-corrected chi connectivity index (χ0v) is 10.8. The predicted molar refractivity (Wildman–Crippen MR) is 68.1 cm³/mol. The summed E-state index contributed by atoms with van der Waals surface area (Å²) in [5.74, 6) is -0.222. The first kappa shape index (κ1) is 12.4. The molecule has 0 saturated heterocycles. The number of cyclic esters (lactones) is 1. The number of carbonyl (C=O) groups excluding carboxylic acids is 1. The van der Waals surface area contributed by atoms with E-state index in [0.29, 0.717) is 11.6 Å². The van der Waals surface area contributed by atoms with Gasteiger partial charge in [0.15, 0.2) is 0 Å². The van der Waals surface area contributed by atoms with Crippen LogP contribution in [0.3, 0.4) is 0 Å². The van der Waals surface area contributed by atoms with Gasteiger partial charge in [0.2, 0.25) is 0 Å². The van der Waals surface area contributed by atoms with Gasteiger partial charge in [0.05, 0.1) is 5.92 Å². The van der Waals surface area contributed by atoms with Crippen molar-refractivity contribution >= 4 is 17.6 Å². The maximum Gasteiger partial charge on any atom is 0.313 e. The fourth-order valence-corrected chi connectivity index (χ4v) is 2.45. The van der Waals surface area contributed by atoms with Crippen LogP contribution < -0.4 is 0 Å². The Kier molecular flexibility index (Phi) is 4.06. The van der Waals surface area contributed by atoms with Gasteiger partial charge < -0.3 is 4.74 Å². The van der Waals surface area contributed by atoms with Gasteiger partial charge >= 0.3 is 5.97 Å². The van der Waals surface area contributed by atoms with Gasteiger partial charge in [-0.25, -0.2) is 0 Å². The zero-order chi connectivity index (χ0) is 12.3. The second kappa shape index (κ2) is 5.54. The first-order valence-corrected chi connectivity index (χ1v) is 6.55. The normalized spacial score (nSPS) is 18.7. The lowest BCUT2D eigenvalue weighted by Crippen LogP contribution is -2.22. The highest BCUT2D eigenvalue weighted by Crippen LogP contribution is 2.33. The lowest BCUT2D eigenvalue weighted by molar-refractivity contribution is -0.148. The number of fused-ring (bicyclic) bond motifs is 1. The van der Waals surface area contributed by atoms with Gasteiger partial charge in [0.1, 0.15) is 6.61 Å². The number of esters is 1. The summed E-state index contributed by atoms with van der Waals surface area (Å²) in [4.78, 5) is 11.8. The Bertz CT molecular complexity index is 415. The minimum atomic E-state index is -0.121. The van der Waals surface area contributed by atoms with E-state index in [9.17, 15) is 4.79 Å². The van der Waals surface area contributed by atoms with Gasteiger partial charge in [0, 0.05) is 5.02 Å². The molecule has 1 unspecified atom stereocenters. The van der Waals surface area contributed by atoms with E-state index >= 15 is 0 Å². The number of unbranched alkanes of at least 4 members (excludes halogenated alkanes) is 2. The fraction of sp³-hybridized carbons (Fsp3) is 0.500. The molecule has 0 aromatic heterocycles. The minimum absolute atomic E-state index is 0.101. The number of hydrogen-bond donors (Lipinski definition) is 0. The number of rotatable bonds is 4. The van der Waals surface area contributed by atoms with Crippen LogP contribution in [0.2, 0.25) is 5.02 Å². The summed E-state index contributed by atoms with van der Waals surface area (Å²) < 4.78 is 5.21. The van der Waals surface area contributed by atoms with Gasteiger partial charge in [-0.3, -0.25) is 4.79 Å². The second-order valence-electron chi connectivity index (χ2n) is 4.50. The van der Waals surface area contributed by atoms with Crippen molar-refractivity contribution in [3.05, 3.63) is 34.3 Å². The maximum absolute atomic E-state index is 11.8. The molecular formula is C14H17ClO2. The van der Waals surface area contributed by atoms with Crippen molar-refractivity contribution in [3.8, 4) is 0 Å². The highest BCUT2D eigenvalue weighted by atomic mass is 35.5. The van der Waals surface area contributed by atoms with Crippen LogP contribution >= 0.6 is 11.6 Å². The Balaban J connectivity index is 2.20. The number of benzene rings is 1. The first-order valence-electron chi connectivity index (χ1n) is 6.17. The largest absolute Gasteiger partial charge is 0.460 e. The van der Waals surface area contributed by atoms with Crippen LogP contribution in [-0.2, 0) is 16.1 Å². The van der Waals surface area contributed by atoms with Crippen molar-refractivity contribution in [2.24, 2.45) is 0 Å². The Labute approximate surface area is 107 Å². The average Bonchev–Trinajstić information content (AvgIpc) is 2.32. The Hall–Kier alpha value is -1.02. The Morgan fingerprint density at radius 2 is 2.24 bits per heavy atom. The number of hydrogen-bond acceptors (Lipinski definition) is 2. The number of halogens is 1. The maximum atomic E-state index is 11.8. The molecule has 0 radical (unpaired) electrons. The minimum Gasteiger partial charge on any atom is -0.460 e. The van der Waals surface area contributed by atoms with Crippen LogP contribution in [0.4, 0.5) is 0 Å². The number of ether oxygens (including phenoxy) is 1. The first-order chi connectivity index (χ1) is 8.22. The van der Waals surface area contributed by atoms with Crippen molar-refractivity contribution in [1.82, 2.24) is 0 Å². The molecule has 17 heavy (non-hydrogen) atoms. The van der Waals surface area contributed by atoms with Crippen molar-refractivity contribution in [2.45, 2.75) is 45.1 Å². The molecule has 0 spiro atoms. The van der Waals surface area contributed by atoms with E-state index in [2.05, 4.69) is 6.92 Å². The van der Waals surface area contributed by atoms with E-state index in [1.807, 2.05) is 18.2 Å². The SMILES string of the molecule is CCCCCC1C(=O)OCc2ccc(Cl)cc21. The highest BCUT2D eigenvalue weighted by molar-refractivity contribution is 6.30. The lowest BCUT2D eigenvalue weighted by atomic mass is 9.88.